The van der Waals surface area contributed by atoms with Gasteiger partial charge in [0.25, 0.3) is 5.91 Å². The summed E-state index contributed by atoms with van der Waals surface area (Å²) in [5.74, 6) is 0.546. The molecule has 0 fully saturated rings. The highest BCUT2D eigenvalue weighted by Gasteiger charge is 2.25. The molecule has 102 valence electrons. The van der Waals surface area contributed by atoms with Crippen LogP contribution in [0.25, 0.3) is 0 Å². The zero-order valence-electron chi connectivity index (χ0n) is 11.1. The molecule has 0 N–H and O–H groups in total. The largest absolute Gasteiger partial charge is 0.495 e. The Hall–Kier alpha value is -2.00. The molecule has 2 aromatic carbocycles. The minimum atomic E-state index is -0.0282. The molecule has 20 heavy (non-hydrogen) atoms. The van der Waals surface area contributed by atoms with Gasteiger partial charge in [0.15, 0.2) is 0 Å². The van der Waals surface area contributed by atoms with E-state index >= 15 is 0 Å². The van der Waals surface area contributed by atoms with Gasteiger partial charge in [0.2, 0.25) is 0 Å². The Labute approximate surface area is 122 Å². The topological polar surface area (TPSA) is 29.5 Å². The molecule has 0 unspecified atom stereocenters. The number of para-hydroxylation sites is 1. The number of hydrogen-bond acceptors (Lipinski definition) is 2. The van der Waals surface area contributed by atoms with Crippen LogP contribution in [0.2, 0.25) is 5.02 Å². The van der Waals surface area contributed by atoms with Gasteiger partial charge in [0.05, 0.1) is 12.1 Å². The van der Waals surface area contributed by atoms with E-state index in [1.807, 2.05) is 18.2 Å². The summed E-state index contributed by atoms with van der Waals surface area (Å²) >= 11 is 6.08. The predicted molar refractivity (Wildman–Crippen MR) is 79.8 cm³/mol. The first-order chi connectivity index (χ1) is 9.70. The summed E-state index contributed by atoms with van der Waals surface area (Å²) in [5, 5.41) is 0.450. The van der Waals surface area contributed by atoms with Crippen molar-refractivity contribution in [3.63, 3.8) is 0 Å². The van der Waals surface area contributed by atoms with E-state index in [1.54, 1.807) is 30.2 Å². The molecule has 0 radical (unpaired) electrons. The quantitative estimate of drug-likeness (QED) is 0.845. The summed E-state index contributed by atoms with van der Waals surface area (Å²) in [5.41, 5.74) is 2.78. The van der Waals surface area contributed by atoms with Crippen molar-refractivity contribution in [1.29, 1.82) is 0 Å². The van der Waals surface area contributed by atoms with Gasteiger partial charge in [-0.25, -0.2) is 0 Å². The normalized spacial score (nSPS) is 13.2. The lowest BCUT2D eigenvalue weighted by Gasteiger charge is -2.17. The fourth-order valence-electron chi connectivity index (χ4n) is 2.50. The first-order valence-corrected chi connectivity index (χ1v) is 6.82. The van der Waals surface area contributed by atoms with E-state index in [1.165, 1.54) is 5.56 Å². The molecule has 1 heterocycles. The molecule has 0 atom stereocenters. The number of halogens is 1. The third-order valence-electron chi connectivity index (χ3n) is 3.53. The van der Waals surface area contributed by atoms with Gasteiger partial charge in [0, 0.05) is 17.8 Å². The Morgan fingerprint density at radius 1 is 1.25 bits per heavy atom. The van der Waals surface area contributed by atoms with Gasteiger partial charge >= 0.3 is 0 Å². The molecule has 1 amide bonds. The van der Waals surface area contributed by atoms with E-state index in [9.17, 15) is 4.79 Å². The number of carbonyl (C=O) groups excluding carboxylic acids is 1. The summed E-state index contributed by atoms with van der Waals surface area (Å²) in [6.45, 7) is 0.710. The van der Waals surface area contributed by atoms with Crippen molar-refractivity contribution >= 4 is 23.2 Å². The molecule has 1 aliphatic rings. The van der Waals surface area contributed by atoms with Crippen molar-refractivity contribution in [3.05, 3.63) is 58.6 Å². The Bertz CT molecular complexity index is 669. The fraction of sp³-hybridized carbons (Fsp3) is 0.188. The van der Waals surface area contributed by atoms with Gasteiger partial charge in [-0.05, 0) is 36.2 Å². The minimum absolute atomic E-state index is 0.0282. The molecule has 2 aromatic rings. The number of amides is 1. The SMILES string of the molecule is COc1ccc(C(=O)N2CCc3ccccc32)cc1Cl. The maximum absolute atomic E-state index is 12.6. The Kier molecular flexibility index (Phi) is 3.36. The van der Waals surface area contributed by atoms with Gasteiger partial charge < -0.3 is 9.64 Å². The standard InChI is InChI=1S/C16H14ClNO2/c1-20-15-7-6-12(10-13(15)17)16(19)18-9-8-11-4-2-3-5-14(11)18/h2-7,10H,8-9H2,1H3. The molecule has 4 heteroatoms. The maximum atomic E-state index is 12.6. The molecular formula is C16H14ClNO2. The number of ether oxygens (including phenoxy) is 1. The lowest BCUT2D eigenvalue weighted by atomic mass is 10.1. The lowest BCUT2D eigenvalue weighted by molar-refractivity contribution is 0.0989. The third-order valence-corrected chi connectivity index (χ3v) is 3.83. The highest BCUT2D eigenvalue weighted by atomic mass is 35.5. The van der Waals surface area contributed by atoms with Crippen molar-refractivity contribution in [1.82, 2.24) is 0 Å². The Morgan fingerprint density at radius 2 is 2.05 bits per heavy atom. The first kappa shape index (κ1) is 13.0. The van der Waals surface area contributed by atoms with Crippen LogP contribution in [0.4, 0.5) is 5.69 Å². The number of carbonyl (C=O) groups is 1. The van der Waals surface area contributed by atoms with Crippen LogP contribution in [-0.4, -0.2) is 19.6 Å². The van der Waals surface area contributed by atoms with E-state index in [2.05, 4.69) is 6.07 Å². The number of fused-ring (bicyclic) bond motifs is 1. The predicted octanol–water partition coefficient (Wildman–Crippen LogP) is 3.55. The zero-order valence-corrected chi connectivity index (χ0v) is 11.9. The molecule has 3 nitrogen and oxygen atoms in total. The molecule has 0 saturated carbocycles. The van der Waals surface area contributed by atoms with Crippen LogP contribution in [0.15, 0.2) is 42.5 Å². The summed E-state index contributed by atoms with van der Waals surface area (Å²) in [7, 11) is 1.55. The monoisotopic (exact) mass is 287 g/mol. The average molecular weight is 288 g/mol. The highest BCUT2D eigenvalue weighted by Crippen LogP contribution is 2.30. The molecule has 0 aliphatic carbocycles. The van der Waals surface area contributed by atoms with Crippen molar-refractivity contribution in [2.75, 3.05) is 18.6 Å². The van der Waals surface area contributed by atoms with Crippen LogP contribution in [0.1, 0.15) is 15.9 Å². The summed E-state index contributed by atoms with van der Waals surface area (Å²) in [6, 6.07) is 13.1. The maximum Gasteiger partial charge on any atom is 0.258 e. The molecule has 0 aromatic heterocycles. The number of nitrogens with zero attached hydrogens (tertiary/aromatic N) is 1. The Balaban J connectivity index is 1.93. The highest BCUT2D eigenvalue weighted by molar-refractivity contribution is 6.32. The number of methoxy groups -OCH3 is 1. The van der Waals surface area contributed by atoms with E-state index in [-0.39, 0.29) is 5.91 Å². The van der Waals surface area contributed by atoms with Crippen LogP contribution in [0.3, 0.4) is 0 Å². The van der Waals surface area contributed by atoms with Crippen molar-refractivity contribution in [3.8, 4) is 5.75 Å². The smallest absolute Gasteiger partial charge is 0.258 e. The van der Waals surface area contributed by atoms with Gasteiger partial charge in [-0.3, -0.25) is 4.79 Å². The first-order valence-electron chi connectivity index (χ1n) is 6.44. The molecule has 0 spiro atoms. The van der Waals surface area contributed by atoms with Crippen molar-refractivity contribution < 1.29 is 9.53 Å². The molecule has 0 bridgehead atoms. The number of hydrogen-bond donors (Lipinski definition) is 0. The fourth-order valence-corrected chi connectivity index (χ4v) is 2.76. The van der Waals surface area contributed by atoms with Gasteiger partial charge in [0.1, 0.15) is 5.75 Å². The van der Waals surface area contributed by atoms with Gasteiger partial charge in [-0.2, -0.15) is 0 Å². The zero-order chi connectivity index (χ0) is 14.1. The number of anilines is 1. The van der Waals surface area contributed by atoms with Crippen molar-refractivity contribution in [2.45, 2.75) is 6.42 Å². The molecule has 1 aliphatic heterocycles. The molecular weight excluding hydrogens is 274 g/mol. The second-order valence-electron chi connectivity index (χ2n) is 4.68. The Morgan fingerprint density at radius 3 is 2.80 bits per heavy atom. The second-order valence-corrected chi connectivity index (χ2v) is 5.09. The second kappa shape index (κ2) is 5.17. The van der Waals surface area contributed by atoms with Crippen LogP contribution >= 0.6 is 11.6 Å². The van der Waals surface area contributed by atoms with Crippen LogP contribution in [0.5, 0.6) is 5.75 Å². The van der Waals surface area contributed by atoms with Crippen molar-refractivity contribution in [2.24, 2.45) is 0 Å². The lowest BCUT2D eigenvalue weighted by Crippen LogP contribution is -2.28. The molecule has 0 saturated heterocycles. The molecule has 3 rings (SSSR count). The summed E-state index contributed by atoms with van der Waals surface area (Å²) in [4.78, 5) is 14.4. The van der Waals surface area contributed by atoms with Crippen LogP contribution in [0, 0.1) is 0 Å². The van der Waals surface area contributed by atoms with Gasteiger partial charge in [-0.1, -0.05) is 29.8 Å². The van der Waals surface area contributed by atoms with Gasteiger partial charge in [-0.15, -0.1) is 0 Å². The summed E-state index contributed by atoms with van der Waals surface area (Å²) < 4.78 is 5.10. The van der Waals surface area contributed by atoms with E-state index in [0.717, 1.165) is 12.1 Å². The third kappa shape index (κ3) is 2.14. The summed E-state index contributed by atoms with van der Waals surface area (Å²) in [6.07, 6.45) is 0.895. The number of rotatable bonds is 2. The van der Waals surface area contributed by atoms with E-state index in [0.29, 0.717) is 22.9 Å². The minimum Gasteiger partial charge on any atom is -0.495 e. The van der Waals surface area contributed by atoms with Crippen LogP contribution in [-0.2, 0) is 6.42 Å². The van der Waals surface area contributed by atoms with E-state index in [4.69, 9.17) is 16.3 Å². The average Bonchev–Trinajstić information content (AvgIpc) is 2.90. The van der Waals surface area contributed by atoms with E-state index < -0.39 is 0 Å². The number of benzene rings is 2. The van der Waals surface area contributed by atoms with Crippen LogP contribution < -0.4 is 9.64 Å².